The van der Waals surface area contributed by atoms with Gasteiger partial charge in [-0.05, 0) is 31.1 Å². The molecule has 2 aromatic carbocycles. The second-order valence-corrected chi connectivity index (χ2v) is 5.04. The molecule has 0 saturated carbocycles. The van der Waals surface area contributed by atoms with Crippen LogP contribution in [0.25, 0.3) is 6.08 Å². The monoisotopic (exact) mass is 279 g/mol. The summed E-state index contributed by atoms with van der Waals surface area (Å²) in [5, 5.41) is 0. The summed E-state index contributed by atoms with van der Waals surface area (Å²) in [4.78, 5) is 14.4. The number of hydrogen-bond donors (Lipinski definition) is 0. The number of likely N-dealkylation sites (N-methyl/N-ethyl adjacent to an activating group) is 1. The van der Waals surface area contributed by atoms with Crippen molar-refractivity contribution >= 4 is 12.0 Å². The van der Waals surface area contributed by atoms with Gasteiger partial charge in [0.2, 0.25) is 5.91 Å². The molecule has 0 atom stereocenters. The first-order valence-corrected chi connectivity index (χ1v) is 7.27. The third-order valence-electron chi connectivity index (χ3n) is 3.41. The second-order valence-electron chi connectivity index (χ2n) is 5.04. The minimum atomic E-state index is 0.0882. The Balaban J connectivity index is 2.11. The topological polar surface area (TPSA) is 20.3 Å². The molecule has 0 unspecified atom stereocenters. The summed E-state index contributed by atoms with van der Waals surface area (Å²) in [6.07, 6.45) is 1.94. The lowest BCUT2D eigenvalue weighted by atomic mass is 10.1. The van der Waals surface area contributed by atoms with Gasteiger partial charge in [-0.25, -0.2) is 0 Å². The van der Waals surface area contributed by atoms with E-state index in [4.69, 9.17) is 0 Å². The van der Waals surface area contributed by atoms with Crippen LogP contribution in [0.3, 0.4) is 0 Å². The Hall–Kier alpha value is -2.35. The Labute approximate surface area is 126 Å². The van der Waals surface area contributed by atoms with Crippen molar-refractivity contribution in [2.45, 2.75) is 20.4 Å². The molecule has 0 bridgehead atoms. The van der Waals surface area contributed by atoms with Gasteiger partial charge in [-0.2, -0.15) is 0 Å². The van der Waals surface area contributed by atoms with Gasteiger partial charge in [0.1, 0.15) is 0 Å². The quantitative estimate of drug-likeness (QED) is 0.753. The van der Waals surface area contributed by atoms with E-state index in [-0.39, 0.29) is 5.91 Å². The number of benzene rings is 2. The second kappa shape index (κ2) is 7.44. The summed E-state index contributed by atoms with van der Waals surface area (Å²) in [5.41, 5.74) is 2.97. The Morgan fingerprint density at radius 1 is 1.00 bits per heavy atom. The number of rotatable bonds is 5. The highest BCUT2D eigenvalue weighted by Crippen LogP contribution is 2.12. The first-order chi connectivity index (χ1) is 10.2. The summed E-state index contributed by atoms with van der Waals surface area (Å²) in [6, 6.07) is 20.0. The van der Waals surface area contributed by atoms with Gasteiger partial charge in [0, 0.05) is 18.7 Å². The zero-order valence-electron chi connectivity index (χ0n) is 12.6. The average Bonchev–Trinajstić information content (AvgIpc) is 2.54. The van der Waals surface area contributed by atoms with Crippen LogP contribution in [0.1, 0.15) is 25.0 Å². The highest BCUT2D eigenvalue weighted by molar-refractivity contribution is 5.97. The maximum atomic E-state index is 12.5. The van der Waals surface area contributed by atoms with E-state index in [0.717, 1.165) is 16.7 Å². The van der Waals surface area contributed by atoms with Crippen LogP contribution in [0.15, 0.2) is 66.2 Å². The first kappa shape index (κ1) is 15.0. The van der Waals surface area contributed by atoms with Crippen molar-refractivity contribution in [2.75, 3.05) is 6.54 Å². The highest BCUT2D eigenvalue weighted by Gasteiger charge is 2.13. The van der Waals surface area contributed by atoms with Crippen LogP contribution in [-0.4, -0.2) is 17.4 Å². The molecule has 0 saturated heterocycles. The molecular weight excluding hydrogens is 258 g/mol. The molecule has 1 amide bonds. The largest absolute Gasteiger partial charge is 0.335 e. The van der Waals surface area contributed by atoms with Crippen LogP contribution in [0.5, 0.6) is 0 Å². The molecule has 0 radical (unpaired) electrons. The molecule has 0 spiro atoms. The average molecular weight is 279 g/mol. The van der Waals surface area contributed by atoms with Gasteiger partial charge in [-0.1, -0.05) is 60.7 Å². The summed E-state index contributed by atoms with van der Waals surface area (Å²) < 4.78 is 0. The molecule has 108 valence electrons. The van der Waals surface area contributed by atoms with E-state index in [1.54, 1.807) is 0 Å². The van der Waals surface area contributed by atoms with Crippen molar-refractivity contribution < 1.29 is 4.79 Å². The Kier molecular flexibility index (Phi) is 5.33. The molecule has 2 nitrogen and oxygen atoms in total. The normalized spacial score (nSPS) is 11.2. The van der Waals surface area contributed by atoms with E-state index >= 15 is 0 Å². The van der Waals surface area contributed by atoms with Crippen molar-refractivity contribution in [1.29, 1.82) is 0 Å². The van der Waals surface area contributed by atoms with Crippen LogP contribution in [0.4, 0.5) is 0 Å². The summed E-state index contributed by atoms with van der Waals surface area (Å²) in [5.74, 6) is 0.0882. The van der Waals surface area contributed by atoms with Crippen LogP contribution < -0.4 is 0 Å². The number of hydrogen-bond acceptors (Lipinski definition) is 1. The molecule has 0 fully saturated rings. The smallest absolute Gasteiger partial charge is 0.249 e. The van der Waals surface area contributed by atoms with Gasteiger partial charge < -0.3 is 4.90 Å². The summed E-state index contributed by atoms with van der Waals surface area (Å²) in [6.45, 7) is 5.24. The highest BCUT2D eigenvalue weighted by atomic mass is 16.2. The van der Waals surface area contributed by atoms with Crippen LogP contribution in [0.2, 0.25) is 0 Å². The molecule has 21 heavy (non-hydrogen) atoms. The van der Waals surface area contributed by atoms with Crippen LogP contribution in [-0.2, 0) is 11.3 Å². The van der Waals surface area contributed by atoms with Gasteiger partial charge in [0.25, 0.3) is 0 Å². The van der Waals surface area contributed by atoms with E-state index in [9.17, 15) is 4.79 Å². The molecule has 0 aliphatic heterocycles. The zero-order chi connectivity index (χ0) is 15.1. The van der Waals surface area contributed by atoms with Crippen molar-refractivity contribution in [1.82, 2.24) is 4.90 Å². The third-order valence-corrected chi connectivity index (χ3v) is 3.41. The maximum absolute atomic E-state index is 12.5. The summed E-state index contributed by atoms with van der Waals surface area (Å²) >= 11 is 0. The number of amides is 1. The number of carbonyl (C=O) groups is 1. The zero-order valence-corrected chi connectivity index (χ0v) is 12.6. The molecule has 0 N–H and O–H groups in total. The SMILES string of the molecule is CCN(Cc1ccccc1)C(=O)C(C)=Cc1ccccc1. The number of nitrogens with zero attached hydrogens (tertiary/aromatic N) is 1. The maximum Gasteiger partial charge on any atom is 0.249 e. The molecule has 2 rings (SSSR count). The molecule has 0 aliphatic rings. The molecule has 0 heterocycles. The van der Waals surface area contributed by atoms with Crippen LogP contribution in [0, 0.1) is 0 Å². The van der Waals surface area contributed by atoms with Crippen molar-refractivity contribution in [2.24, 2.45) is 0 Å². The lowest BCUT2D eigenvalue weighted by molar-refractivity contribution is -0.127. The Bertz CT molecular complexity index is 602. The molecule has 2 aromatic rings. The Morgan fingerprint density at radius 3 is 2.14 bits per heavy atom. The minimum Gasteiger partial charge on any atom is -0.335 e. The predicted octanol–water partition coefficient (Wildman–Crippen LogP) is 4.14. The van der Waals surface area contributed by atoms with E-state index in [2.05, 4.69) is 0 Å². The molecule has 0 aliphatic carbocycles. The molecule has 0 aromatic heterocycles. The van der Waals surface area contributed by atoms with E-state index in [1.165, 1.54) is 0 Å². The molecule has 2 heteroatoms. The fourth-order valence-corrected chi connectivity index (χ4v) is 2.24. The first-order valence-electron chi connectivity index (χ1n) is 7.27. The fourth-order valence-electron chi connectivity index (χ4n) is 2.24. The number of carbonyl (C=O) groups excluding carboxylic acids is 1. The molecular formula is C19H21NO. The van der Waals surface area contributed by atoms with E-state index in [1.807, 2.05) is 85.5 Å². The van der Waals surface area contributed by atoms with E-state index < -0.39 is 0 Å². The van der Waals surface area contributed by atoms with Gasteiger partial charge in [0.05, 0.1) is 0 Å². The third kappa shape index (κ3) is 4.32. The van der Waals surface area contributed by atoms with Crippen molar-refractivity contribution in [3.05, 3.63) is 77.4 Å². The predicted molar refractivity (Wildman–Crippen MR) is 87.6 cm³/mol. The lowest BCUT2D eigenvalue weighted by Gasteiger charge is -2.21. The van der Waals surface area contributed by atoms with Crippen molar-refractivity contribution in [3.8, 4) is 0 Å². The van der Waals surface area contributed by atoms with Gasteiger partial charge in [-0.15, -0.1) is 0 Å². The summed E-state index contributed by atoms with van der Waals surface area (Å²) in [7, 11) is 0. The van der Waals surface area contributed by atoms with Gasteiger partial charge >= 0.3 is 0 Å². The fraction of sp³-hybridized carbons (Fsp3) is 0.211. The van der Waals surface area contributed by atoms with Gasteiger partial charge in [-0.3, -0.25) is 4.79 Å². The lowest BCUT2D eigenvalue weighted by Crippen LogP contribution is -2.30. The Morgan fingerprint density at radius 2 is 1.57 bits per heavy atom. The minimum absolute atomic E-state index is 0.0882. The van der Waals surface area contributed by atoms with Gasteiger partial charge in [0.15, 0.2) is 0 Å². The van der Waals surface area contributed by atoms with E-state index in [0.29, 0.717) is 13.1 Å². The van der Waals surface area contributed by atoms with Crippen molar-refractivity contribution in [3.63, 3.8) is 0 Å². The van der Waals surface area contributed by atoms with Crippen LogP contribution >= 0.6 is 0 Å². The standard InChI is InChI=1S/C19H21NO/c1-3-20(15-18-12-8-5-9-13-18)19(21)16(2)14-17-10-6-4-7-11-17/h4-14H,3,15H2,1-2H3.